The lowest BCUT2D eigenvalue weighted by molar-refractivity contribution is -0.141. The maximum Gasteiger partial charge on any atom is 0.243 e. The normalized spacial score (nSPS) is 11.9. The number of benzene rings is 3. The maximum absolute atomic E-state index is 13.9. The molecule has 3 aromatic rings. The standard InChI is InChI=1S/C31H37Cl2N3O5S/c1-4-18-34-31(38)29(20-23-9-6-5-7-10-23)35(22-24-12-13-25(32)21-28(24)33)30(37)11-8-19-36(42(3,39)40)26-14-16-27(41-2)17-15-26/h5-7,9-10,12-17,21,29H,4,8,11,18-20,22H2,1-3H3,(H,34,38)/t29-/m1/s1. The van der Waals surface area contributed by atoms with Gasteiger partial charge in [0.25, 0.3) is 0 Å². The Balaban J connectivity index is 1.89. The van der Waals surface area contributed by atoms with Gasteiger partial charge in [-0.1, -0.05) is 66.5 Å². The van der Waals surface area contributed by atoms with Crippen molar-refractivity contribution in [2.24, 2.45) is 0 Å². The number of methoxy groups -OCH3 is 1. The summed E-state index contributed by atoms with van der Waals surface area (Å²) >= 11 is 12.6. The van der Waals surface area contributed by atoms with Crippen molar-refractivity contribution in [3.05, 3.63) is 94.0 Å². The highest BCUT2D eigenvalue weighted by Crippen LogP contribution is 2.26. The maximum atomic E-state index is 13.9. The fourth-order valence-electron chi connectivity index (χ4n) is 4.51. The first-order valence-electron chi connectivity index (χ1n) is 13.7. The second kappa shape index (κ2) is 15.8. The zero-order chi connectivity index (χ0) is 30.7. The van der Waals surface area contributed by atoms with Gasteiger partial charge in [0.2, 0.25) is 21.8 Å². The van der Waals surface area contributed by atoms with E-state index in [9.17, 15) is 18.0 Å². The molecule has 3 aromatic carbocycles. The molecule has 0 unspecified atom stereocenters. The fourth-order valence-corrected chi connectivity index (χ4v) is 5.94. The van der Waals surface area contributed by atoms with E-state index in [1.807, 2.05) is 37.3 Å². The molecular formula is C31H37Cl2N3O5S. The van der Waals surface area contributed by atoms with Crippen molar-refractivity contribution in [1.82, 2.24) is 10.2 Å². The number of sulfonamides is 1. The lowest BCUT2D eigenvalue weighted by Gasteiger charge is -2.32. The molecule has 0 bridgehead atoms. The molecule has 0 saturated heterocycles. The van der Waals surface area contributed by atoms with Crippen molar-refractivity contribution in [1.29, 1.82) is 0 Å². The lowest BCUT2D eigenvalue weighted by atomic mass is 10.0. The van der Waals surface area contributed by atoms with Gasteiger partial charge < -0.3 is 15.0 Å². The van der Waals surface area contributed by atoms with E-state index < -0.39 is 16.1 Å². The van der Waals surface area contributed by atoms with Crippen LogP contribution in [0.2, 0.25) is 10.0 Å². The van der Waals surface area contributed by atoms with Gasteiger partial charge in [-0.05, 0) is 60.4 Å². The predicted molar refractivity (Wildman–Crippen MR) is 169 cm³/mol. The minimum atomic E-state index is -3.62. The second-order valence-electron chi connectivity index (χ2n) is 9.89. The number of nitrogens with one attached hydrogen (secondary N) is 1. The molecular weight excluding hydrogens is 597 g/mol. The lowest BCUT2D eigenvalue weighted by Crippen LogP contribution is -2.50. The number of carbonyl (C=O) groups excluding carboxylic acids is 2. The van der Waals surface area contributed by atoms with Crippen LogP contribution in [0.3, 0.4) is 0 Å². The smallest absolute Gasteiger partial charge is 0.243 e. The summed E-state index contributed by atoms with van der Waals surface area (Å²) in [5.74, 6) is 0.0385. The van der Waals surface area contributed by atoms with E-state index >= 15 is 0 Å². The number of hydrogen-bond donors (Lipinski definition) is 1. The number of hydrogen-bond acceptors (Lipinski definition) is 5. The van der Waals surface area contributed by atoms with E-state index in [0.717, 1.165) is 18.2 Å². The Hall–Kier alpha value is -3.27. The Morgan fingerprint density at radius 2 is 1.69 bits per heavy atom. The molecule has 0 aromatic heterocycles. The van der Waals surface area contributed by atoms with Gasteiger partial charge in [0.05, 0.1) is 19.1 Å². The van der Waals surface area contributed by atoms with Crippen LogP contribution in [-0.2, 0) is 32.6 Å². The monoisotopic (exact) mass is 633 g/mol. The van der Waals surface area contributed by atoms with Gasteiger partial charge in [-0.3, -0.25) is 13.9 Å². The van der Waals surface area contributed by atoms with Crippen molar-refractivity contribution in [2.75, 3.05) is 30.8 Å². The molecule has 42 heavy (non-hydrogen) atoms. The molecule has 1 N–H and O–H groups in total. The number of nitrogens with zero attached hydrogens (tertiary/aromatic N) is 2. The molecule has 0 radical (unpaired) electrons. The Morgan fingerprint density at radius 3 is 2.29 bits per heavy atom. The van der Waals surface area contributed by atoms with Crippen LogP contribution in [0, 0.1) is 0 Å². The second-order valence-corrected chi connectivity index (χ2v) is 12.6. The molecule has 2 amide bonds. The van der Waals surface area contributed by atoms with Gasteiger partial charge in [0, 0.05) is 42.5 Å². The van der Waals surface area contributed by atoms with Crippen LogP contribution in [0.15, 0.2) is 72.8 Å². The molecule has 0 fully saturated rings. The summed E-state index contributed by atoms with van der Waals surface area (Å²) in [5, 5.41) is 3.78. The zero-order valence-electron chi connectivity index (χ0n) is 24.1. The van der Waals surface area contributed by atoms with Crippen LogP contribution in [0.25, 0.3) is 0 Å². The summed E-state index contributed by atoms with van der Waals surface area (Å²) in [7, 11) is -2.09. The minimum absolute atomic E-state index is 0.0136. The van der Waals surface area contributed by atoms with E-state index in [1.165, 1.54) is 16.3 Å². The fraction of sp³-hybridized carbons (Fsp3) is 0.355. The number of amides is 2. The van der Waals surface area contributed by atoms with Crippen molar-refractivity contribution in [2.45, 2.75) is 45.2 Å². The summed E-state index contributed by atoms with van der Waals surface area (Å²) < 4.78 is 31.7. The topological polar surface area (TPSA) is 96.0 Å². The molecule has 0 aliphatic rings. The van der Waals surface area contributed by atoms with Crippen LogP contribution in [0.1, 0.15) is 37.3 Å². The Bertz CT molecular complexity index is 1440. The molecule has 1 atom stereocenters. The van der Waals surface area contributed by atoms with Gasteiger partial charge >= 0.3 is 0 Å². The Labute approximate surface area is 258 Å². The number of carbonyl (C=O) groups is 2. The van der Waals surface area contributed by atoms with E-state index in [2.05, 4.69) is 5.32 Å². The van der Waals surface area contributed by atoms with Crippen molar-refractivity contribution >= 4 is 50.7 Å². The SMILES string of the molecule is CCCNC(=O)[C@@H](Cc1ccccc1)N(Cc1ccc(Cl)cc1Cl)C(=O)CCCN(c1ccc(OC)cc1)S(C)(=O)=O. The highest BCUT2D eigenvalue weighted by molar-refractivity contribution is 7.92. The van der Waals surface area contributed by atoms with Crippen LogP contribution in [-0.4, -0.2) is 57.6 Å². The average molecular weight is 635 g/mol. The quantitative estimate of drug-likeness (QED) is 0.231. The van der Waals surface area contributed by atoms with Crippen LogP contribution in [0.5, 0.6) is 5.75 Å². The molecule has 0 heterocycles. The van der Waals surface area contributed by atoms with Gasteiger partial charge in [0.1, 0.15) is 11.8 Å². The van der Waals surface area contributed by atoms with E-state index in [-0.39, 0.29) is 37.7 Å². The predicted octanol–water partition coefficient (Wildman–Crippen LogP) is 5.71. The first kappa shape index (κ1) is 33.2. The van der Waals surface area contributed by atoms with E-state index in [4.69, 9.17) is 27.9 Å². The summed E-state index contributed by atoms with van der Waals surface area (Å²) in [6, 6.07) is 20.4. The van der Waals surface area contributed by atoms with Gasteiger partial charge in [0.15, 0.2) is 0 Å². The average Bonchev–Trinajstić information content (AvgIpc) is 2.96. The number of rotatable bonds is 15. The number of ether oxygens (including phenoxy) is 1. The van der Waals surface area contributed by atoms with Crippen molar-refractivity contribution < 1.29 is 22.7 Å². The number of anilines is 1. The first-order valence-corrected chi connectivity index (χ1v) is 16.3. The zero-order valence-corrected chi connectivity index (χ0v) is 26.4. The molecule has 0 saturated carbocycles. The van der Waals surface area contributed by atoms with Crippen LogP contribution in [0.4, 0.5) is 5.69 Å². The Morgan fingerprint density at radius 1 is 1.00 bits per heavy atom. The summed E-state index contributed by atoms with van der Waals surface area (Å²) in [4.78, 5) is 28.9. The van der Waals surface area contributed by atoms with Crippen LogP contribution >= 0.6 is 23.2 Å². The van der Waals surface area contributed by atoms with Gasteiger partial charge in [-0.2, -0.15) is 0 Å². The van der Waals surface area contributed by atoms with E-state index in [0.29, 0.717) is 40.0 Å². The highest BCUT2D eigenvalue weighted by Gasteiger charge is 2.31. The molecule has 226 valence electrons. The van der Waals surface area contributed by atoms with Crippen molar-refractivity contribution in [3.63, 3.8) is 0 Å². The third kappa shape index (κ3) is 9.64. The van der Waals surface area contributed by atoms with Gasteiger partial charge in [-0.25, -0.2) is 8.42 Å². The molecule has 0 aliphatic heterocycles. The molecule has 0 spiro atoms. The van der Waals surface area contributed by atoms with E-state index in [1.54, 1.807) is 42.5 Å². The highest BCUT2D eigenvalue weighted by atomic mass is 35.5. The van der Waals surface area contributed by atoms with Gasteiger partial charge in [-0.15, -0.1) is 0 Å². The molecule has 8 nitrogen and oxygen atoms in total. The summed E-state index contributed by atoms with van der Waals surface area (Å²) in [6.45, 7) is 2.59. The third-order valence-corrected chi connectivity index (χ3v) is 8.47. The number of halogens is 2. The minimum Gasteiger partial charge on any atom is -0.497 e. The van der Waals surface area contributed by atoms with Crippen LogP contribution < -0.4 is 14.4 Å². The van der Waals surface area contributed by atoms with Crippen molar-refractivity contribution in [3.8, 4) is 5.75 Å². The summed E-state index contributed by atoms with van der Waals surface area (Å²) in [6.07, 6.45) is 2.42. The molecule has 0 aliphatic carbocycles. The third-order valence-electron chi connectivity index (χ3n) is 6.69. The summed E-state index contributed by atoms with van der Waals surface area (Å²) in [5.41, 5.74) is 2.01. The molecule has 3 rings (SSSR count). The molecule has 11 heteroatoms. The first-order chi connectivity index (χ1) is 20.0. The largest absolute Gasteiger partial charge is 0.497 e. The Kier molecular flexibility index (Phi) is 12.5.